The quantitative estimate of drug-likeness (QED) is 0.361. The lowest BCUT2D eigenvalue weighted by atomic mass is 10.0. The number of hydrogen-bond donors (Lipinski definition) is 1. The van der Waals surface area contributed by atoms with Crippen LogP contribution in [0.25, 0.3) is 0 Å². The molecule has 1 N–H and O–H groups in total. The van der Waals surface area contributed by atoms with Gasteiger partial charge in [0.15, 0.2) is 0 Å². The van der Waals surface area contributed by atoms with Crippen LogP contribution in [0.1, 0.15) is 42.5 Å². The van der Waals surface area contributed by atoms with Crippen molar-refractivity contribution in [3.8, 4) is 0 Å². The summed E-state index contributed by atoms with van der Waals surface area (Å²) in [6, 6.07) is 22.9. The smallest absolute Gasteiger partial charge is 0.243 e. The van der Waals surface area contributed by atoms with Crippen molar-refractivity contribution in [2.24, 2.45) is 0 Å². The Morgan fingerprint density at radius 1 is 0.846 bits per heavy atom. The second kappa shape index (κ2) is 13.5. The second-order valence-corrected chi connectivity index (χ2v) is 12.1. The molecule has 0 aromatic heterocycles. The third-order valence-electron chi connectivity index (χ3n) is 6.83. The molecular formula is C31H39N3O4S. The molecule has 3 aromatic carbocycles. The molecule has 3 rings (SSSR count). The van der Waals surface area contributed by atoms with Crippen LogP contribution in [0.4, 0.5) is 0 Å². The highest BCUT2D eigenvalue weighted by atomic mass is 32.2. The molecule has 0 fully saturated rings. The molecule has 0 unspecified atom stereocenters. The molecule has 8 heteroatoms. The summed E-state index contributed by atoms with van der Waals surface area (Å²) in [5.74, 6) is -0.716. The van der Waals surface area contributed by atoms with Crippen LogP contribution in [0.2, 0.25) is 0 Å². The van der Waals surface area contributed by atoms with E-state index in [9.17, 15) is 18.0 Å². The summed E-state index contributed by atoms with van der Waals surface area (Å²) in [5, 5.41) is 3.03. The highest BCUT2D eigenvalue weighted by Crippen LogP contribution is 2.19. The number of nitrogens with one attached hydrogen (secondary N) is 1. The predicted molar refractivity (Wildman–Crippen MR) is 155 cm³/mol. The van der Waals surface area contributed by atoms with Crippen molar-refractivity contribution in [2.75, 3.05) is 13.6 Å². The summed E-state index contributed by atoms with van der Waals surface area (Å²) in [6.45, 7) is 7.54. The van der Waals surface area contributed by atoms with Gasteiger partial charge in [-0.2, -0.15) is 4.31 Å². The fourth-order valence-corrected chi connectivity index (χ4v) is 5.26. The first-order valence-electron chi connectivity index (χ1n) is 13.2. The van der Waals surface area contributed by atoms with E-state index in [1.54, 1.807) is 12.1 Å². The molecular weight excluding hydrogens is 510 g/mol. The van der Waals surface area contributed by atoms with Gasteiger partial charge in [0.2, 0.25) is 21.8 Å². The summed E-state index contributed by atoms with van der Waals surface area (Å²) in [6.07, 6.45) is 1.04. The largest absolute Gasteiger partial charge is 0.352 e. The molecule has 0 spiro atoms. The SMILES string of the molecule is CC[C@H](C)NC(=O)[C@@H](Cc1ccccc1)N(Cc1ccc(C)cc1)C(=O)CN(C)S(=O)(=O)c1ccc(C)cc1. The van der Waals surface area contributed by atoms with E-state index in [1.807, 2.05) is 82.3 Å². The standard InChI is InChI=1S/C31H39N3O4S/c1-6-25(4)32-31(36)29(20-26-10-8-7-9-11-26)34(21-27-16-12-23(2)13-17-27)30(35)22-33(5)39(37,38)28-18-14-24(3)15-19-28/h7-19,25,29H,6,20-22H2,1-5H3,(H,32,36)/t25-,29+/m0/s1. The number of aryl methyl sites for hydroxylation is 2. The minimum absolute atomic E-state index is 0.0725. The molecule has 0 aliphatic carbocycles. The molecule has 0 saturated carbocycles. The molecule has 0 aliphatic rings. The van der Waals surface area contributed by atoms with E-state index >= 15 is 0 Å². The van der Waals surface area contributed by atoms with Gasteiger partial charge in [-0.3, -0.25) is 9.59 Å². The Hall–Kier alpha value is -3.49. The van der Waals surface area contributed by atoms with Crippen molar-refractivity contribution in [3.63, 3.8) is 0 Å². The maximum atomic E-state index is 13.9. The number of likely N-dealkylation sites (N-methyl/N-ethyl adjacent to an activating group) is 1. The van der Waals surface area contributed by atoms with Crippen LogP contribution in [-0.2, 0) is 32.6 Å². The van der Waals surface area contributed by atoms with Crippen LogP contribution in [-0.4, -0.2) is 55.1 Å². The predicted octanol–water partition coefficient (Wildman–Crippen LogP) is 4.48. The summed E-state index contributed by atoms with van der Waals surface area (Å²) in [7, 11) is -2.51. The van der Waals surface area contributed by atoms with Gasteiger partial charge in [0.25, 0.3) is 0 Å². The molecule has 0 aliphatic heterocycles. The van der Waals surface area contributed by atoms with Crippen LogP contribution < -0.4 is 5.32 Å². The van der Waals surface area contributed by atoms with Gasteiger partial charge in [0.1, 0.15) is 6.04 Å². The maximum Gasteiger partial charge on any atom is 0.243 e. The van der Waals surface area contributed by atoms with Gasteiger partial charge in [0.05, 0.1) is 11.4 Å². The Labute approximate surface area is 232 Å². The van der Waals surface area contributed by atoms with Gasteiger partial charge in [-0.25, -0.2) is 8.42 Å². The van der Waals surface area contributed by atoms with Crippen molar-refractivity contribution in [3.05, 3.63) is 101 Å². The van der Waals surface area contributed by atoms with Gasteiger partial charge in [-0.1, -0.05) is 84.8 Å². The summed E-state index contributed by atoms with van der Waals surface area (Å²) in [5.41, 5.74) is 3.78. The summed E-state index contributed by atoms with van der Waals surface area (Å²) >= 11 is 0. The fraction of sp³-hybridized carbons (Fsp3) is 0.355. The molecule has 3 aromatic rings. The topological polar surface area (TPSA) is 86.8 Å². The zero-order valence-corrected chi connectivity index (χ0v) is 24.2. The number of sulfonamides is 1. The first-order chi connectivity index (χ1) is 18.5. The van der Waals surface area contributed by atoms with Crippen LogP contribution in [0.5, 0.6) is 0 Å². The lowest BCUT2D eigenvalue weighted by Gasteiger charge is -2.33. The Morgan fingerprint density at radius 2 is 1.41 bits per heavy atom. The summed E-state index contributed by atoms with van der Waals surface area (Å²) in [4.78, 5) is 29.1. The number of amides is 2. The zero-order chi connectivity index (χ0) is 28.6. The van der Waals surface area contributed by atoms with Crippen LogP contribution >= 0.6 is 0 Å². The van der Waals surface area contributed by atoms with E-state index in [4.69, 9.17) is 0 Å². The average molecular weight is 550 g/mol. The Balaban J connectivity index is 1.97. The van der Waals surface area contributed by atoms with Gasteiger partial charge in [-0.05, 0) is 50.5 Å². The van der Waals surface area contributed by atoms with E-state index in [0.29, 0.717) is 6.42 Å². The molecule has 208 valence electrons. The van der Waals surface area contributed by atoms with Crippen molar-refractivity contribution in [1.82, 2.24) is 14.5 Å². The molecule has 0 saturated heterocycles. The molecule has 0 heterocycles. The molecule has 2 atom stereocenters. The molecule has 39 heavy (non-hydrogen) atoms. The minimum Gasteiger partial charge on any atom is -0.352 e. The van der Waals surface area contributed by atoms with Crippen molar-refractivity contribution < 1.29 is 18.0 Å². The first kappa shape index (κ1) is 30.1. The Bertz CT molecular complexity index is 1340. The van der Waals surface area contributed by atoms with E-state index in [1.165, 1.54) is 24.1 Å². The maximum absolute atomic E-state index is 13.9. The van der Waals surface area contributed by atoms with E-state index in [2.05, 4.69) is 5.32 Å². The Morgan fingerprint density at radius 3 is 1.97 bits per heavy atom. The van der Waals surface area contributed by atoms with Crippen molar-refractivity contribution in [2.45, 2.75) is 64.1 Å². The lowest BCUT2D eigenvalue weighted by molar-refractivity contribution is -0.141. The van der Waals surface area contributed by atoms with Gasteiger partial charge in [0, 0.05) is 26.1 Å². The van der Waals surface area contributed by atoms with E-state index in [0.717, 1.165) is 33.0 Å². The number of rotatable bonds is 12. The normalized spacial score (nSPS) is 13.1. The number of benzene rings is 3. The minimum atomic E-state index is -3.91. The van der Waals surface area contributed by atoms with Gasteiger partial charge in [-0.15, -0.1) is 0 Å². The molecule has 0 bridgehead atoms. The first-order valence-corrected chi connectivity index (χ1v) is 14.7. The summed E-state index contributed by atoms with van der Waals surface area (Å²) < 4.78 is 27.6. The van der Waals surface area contributed by atoms with E-state index < -0.39 is 28.5 Å². The second-order valence-electron chi connectivity index (χ2n) is 10.1. The lowest BCUT2D eigenvalue weighted by Crippen LogP contribution is -2.54. The van der Waals surface area contributed by atoms with E-state index in [-0.39, 0.29) is 23.4 Å². The molecule has 2 amide bonds. The van der Waals surface area contributed by atoms with Gasteiger partial charge < -0.3 is 10.2 Å². The third-order valence-corrected chi connectivity index (χ3v) is 8.65. The average Bonchev–Trinajstić information content (AvgIpc) is 2.92. The van der Waals surface area contributed by atoms with Crippen molar-refractivity contribution >= 4 is 21.8 Å². The fourth-order valence-electron chi connectivity index (χ4n) is 4.14. The third kappa shape index (κ3) is 8.25. The molecule has 7 nitrogen and oxygen atoms in total. The zero-order valence-electron chi connectivity index (χ0n) is 23.4. The Kier molecular flexibility index (Phi) is 10.4. The monoisotopic (exact) mass is 549 g/mol. The van der Waals surface area contributed by atoms with Crippen molar-refractivity contribution in [1.29, 1.82) is 0 Å². The molecule has 0 radical (unpaired) electrons. The highest BCUT2D eigenvalue weighted by Gasteiger charge is 2.33. The van der Waals surface area contributed by atoms with Crippen LogP contribution in [0.15, 0.2) is 83.8 Å². The van der Waals surface area contributed by atoms with Crippen LogP contribution in [0.3, 0.4) is 0 Å². The number of carbonyl (C=O) groups excluding carboxylic acids is 2. The van der Waals surface area contributed by atoms with Crippen LogP contribution in [0, 0.1) is 13.8 Å². The highest BCUT2D eigenvalue weighted by molar-refractivity contribution is 7.89. The number of hydrogen-bond acceptors (Lipinski definition) is 4. The number of carbonyl (C=O) groups is 2. The number of nitrogens with zero attached hydrogens (tertiary/aromatic N) is 2. The van der Waals surface area contributed by atoms with Gasteiger partial charge >= 0.3 is 0 Å².